The molecule has 21 heavy (non-hydrogen) atoms. The average molecular weight is 298 g/mol. The summed E-state index contributed by atoms with van der Waals surface area (Å²) in [4.78, 5) is 24.1. The second kappa shape index (κ2) is 5.98. The van der Waals surface area contributed by atoms with Crippen molar-refractivity contribution in [3.63, 3.8) is 0 Å². The molecule has 1 aliphatic carbocycles. The summed E-state index contributed by atoms with van der Waals surface area (Å²) in [5.41, 5.74) is -1.21. The van der Waals surface area contributed by atoms with Crippen LogP contribution < -0.4 is 0 Å². The van der Waals surface area contributed by atoms with Crippen LogP contribution in [0.2, 0.25) is 0 Å². The minimum atomic E-state index is -0.940. The summed E-state index contributed by atoms with van der Waals surface area (Å²) in [7, 11) is 0. The Labute approximate surface area is 128 Å². The third kappa shape index (κ3) is 6.49. The van der Waals surface area contributed by atoms with E-state index in [0.29, 0.717) is 12.8 Å². The summed E-state index contributed by atoms with van der Waals surface area (Å²) in [6.07, 6.45) is 2.70. The Morgan fingerprint density at radius 1 is 1.00 bits per heavy atom. The number of carbonyl (C=O) groups is 2. The van der Waals surface area contributed by atoms with Gasteiger partial charge in [-0.1, -0.05) is 41.5 Å². The molecule has 0 radical (unpaired) electrons. The maximum atomic E-state index is 12.7. The average Bonchev–Trinajstić information content (AvgIpc) is 2.93. The van der Waals surface area contributed by atoms with Crippen LogP contribution >= 0.6 is 0 Å². The predicted molar refractivity (Wildman–Crippen MR) is 81.9 cm³/mol. The second-order valence-electron chi connectivity index (χ2n) is 8.93. The van der Waals surface area contributed by atoms with Crippen molar-refractivity contribution in [1.82, 2.24) is 0 Å². The van der Waals surface area contributed by atoms with Gasteiger partial charge in [-0.15, -0.1) is 0 Å². The van der Waals surface area contributed by atoms with Crippen molar-refractivity contribution in [3.05, 3.63) is 0 Å². The van der Waals surface area contributed by atoms with Gasteiger partial charge in [0, 0.05) is 0 Å². The summed E-state index contributed by atoms with van der Waals surface area (Å²) >= 11 is 0. The maximum absolute atomic E-state index is 12.7. The largest absolute Gasteiger partial charge is 0.481 e. The van der Waals surface area contributed by atoms with Crippen molar-refractivity contribution in [2.24, 2.45) is 16.2 Å². The number of ether oxygens (including phenoxy) is 1. The van der Waals surface area contributed by atoms with Crippen LogP contribution in [0, 0.1) is 16.2 Å². The Morgan fingerprint density at radius 2 is 1.43 bits per heavy atom. The fourth-order valence-electron chi connectivity index (χ4n) is 3.19. The highest BCUT2D eigenvalue weighted by atomic mass is 16.5. The van der Waals surface area contributed by atoms with Gasteiger partial charge in [0.25, 0.3) is 0 Å². The first-order chi connectivity index (χ1) is 9.33. The molecule has 0 spiro atoms. The third-order valence-corrected chi connectivity index (χ3v) is 3.46. The van der Waals surface area contributed by atoms with Crippen molar-refractivity contribution in [1.29, 1.82) is 0 Å². The first kappa shape index (κ1) is 18.0. The molecule has 0 bridgehead atoms. The number of carboxylic acid groups (broad SMARTS) is 1. The molecule has 0 aromatic carbocycles. The summed E-state index contributed by atoms with van der Waals surface area (Å²) in [6.45, 7) is 12.2. The van der Waals surface area contributed by atoms with E-state index in [1.165, 1.54) is 0 Å². The maximum Gasteiger partial charge on any atom is 0.312 e. The Morgan fingerprint density at radius 3 is 1.71 bits per heavy atom. The SMILES string of the molecule is CC(C)(C)CC(CC(=O)O)(CC(C)(C)C)C(=O)OC1CC1. The summed E-state index contributed by atoms with van der Waals surface area (Å²) in [6, 6.07) is 0. The molecule has 0 aromatic heterocycles. The van der Waals surface area contributed by atoms with Crippen LogP contribution in [0.5, 0.6) is 0 Å². The first-order valence-electron chi connectivity index (χ1n) is 7.76. The second-order valence-corrected chi connectivity index (χ2v) is 8.93. The highest BCUT2D eigenvalue weighted by Gasteiger charge is 2.48. The van der Waals surface area contributed by atoms with Gasteiger partial charge in [-0.2, -0.15) is 0 Å². The van der Waals surface area contributed by atoms with E-state index in [4.69, 9.17) is 4.74 Å². The lowest BCUT2D eigenvalue weighted by Gasteiger charge is -2.39. The van der Waals surface area contributed by atoms with E-state index in [1.807, 2.05) is 41.5 Å². The van der Waals surface area contributed by atoms with Crippen LogP contribution in [0.3, 0.4) is 0 Å². The van der Waals surface area contributed by atoms with E-state index < -0.39 is 11.4 Å². The Balaban J connectivity index is 3.10. The van der Waals surface area contributed by atoms with Crippen LogP contribution in [0.25, 0.3) is 0 Å². The van der Waals surface area contributed by atoms with E-state index in [2.05, 4.69) is 0 Å². The van der Waals surface area contributed by atoms with Gasteiger partial charge in [-0.05, 0) is 36.5 Å². The van der Waals surface area contributed by atoms with Gasteiger partial charge >= 0.3 is 11.9 Å². The number of aliphatic carboxylic acids is 1. The molecule has 0 atom stereocenters. The number of rotatable bonds is 6. The minimum absolute atomic E-state index is 0.00519. The molecule has 0 heterocycles. The fraction of sp³-hybridized carbons (Fsp3) is 0.882. The molecule has 0 amide bonds. The summed E-state index contributed by atoms with van der Waals surface area (Å²) in [5.74, 6) is -1.26. The Bertz CT molecular complexity index is 378. The quantitative estimate of drug-likeness (QED) is 0.752. The molecule has 1 aliphatic rings. The zero-order valence-corrected chi connectivity index (χ0v) is 14.3. The first-order valence-corrected chi connectivity index (χ1v) is 7.76. The molecule has 0 aromatic rings. The van der Waals surface area contributed by atoms with Crippen LogP contribution in [0.1, 0.15) is 73.6 Å². The molecule has 1 rings (SSSR count). The molecule has 0 unspecified atom stereocenters. The van der Waals surface area contributed by atoms with E-state index >= 15 is 0 Å². The number of carbonyl (C=O) groups excluding carboxylic acids is 1. The standard InChI is InChI=1S/C17H30O4/c1-15(2,3)10-17(9-13(18)19,11-16(4,5)6)14(20)21-12-7-8-12/h12H,7-11H2,1-6H3,(H,18,19). The van der Waals surface area contributed by atoms with Crippen molar-refractivity contribution in [2.75, 3.05) is 0 Å². The monoisotopic (exact) mass is 298 g/mol. The van der Waals surface area contributed by atoms with E-state index in [-0.39, 0.29) is 29.3 Å². The lowest BCUT2D eigenvalue weighted by atomic mass is 9.64. The van der Waals surface area contributed by atoms with Gasteiger partial charge in [-0.25, -0.2) is 0 Å². The molecule has 0 saturated heterocycles. The van der Waals surface area contributed by atoms with Crippen molar-refractivity contribution < 1.29 is 19.4 Å². The normalized spacial score (nSPS) is 16.7. The topological polar surface area (TPSA) is 63.6 Å². The number of carboxylic acids is 1. The zero-order chi connectivity index (χ0) is 16.5. The van der Waals surface area contributed by atoms with E-state index in [0.717, 1.165) is 12.8 Å². The Hall–Kier alpha value is -1.06. The Kier molecular flexibility index (Phi) is 5.12. The van der Waals surface area contributed by atoms with Crippen LogP contribution in [-0.4, -0.2) is 23.1 Å². The molecular formula is C17H30O4. The van der Waals surface area contributed by atoms with Crippen molar-refractivity contribution in [2.45, 2.75) is 79.8 Å². The van der Waals surface area contributed by atoms with Gasteiger partial charge in [0.15, 0.2) is 0 Å². The molecule has 1 N–H and O–H groups in total. The number of esters is 1. The van der Waals surface area contributed by atoms with E-state index in [9.17, 15) is 14.7 Å². The highest BCUT2D eigenvalue weighted by molar-refractivity contribution is 5.83. The van der Waals surface area contributed by atoms with Gasteiger partial charge in [0.2, 0.25) is 0 Å². The van der Waals surface area contributed by atoms with Gasteiger partial charge in [0.1, 0.15) is 6.10 Å². The predicted octanol–water partition coefficient (Wildman–Crippen LogP) is 4.03. The molecular weight excluding hydrogens is 268 g/mol. The van der Waals surface area contributed by atoms with Crippen LogP contribution in [-0.2, 0) is 14.3 Å². The molecule has 1 saturated carbocycles. The molecule has 122 valence electrons. The number of hydrogen-bond donors (Lipinski definition) is 1. The minimum Gasteiger partial charge on any atom is -0.481 e. The lowest BCUT2D eigenvalue weighted by molar-refractivity contribution is -0.167. The molecule has 4 heteroatoms. The highest BCUT2D eigenvalue weighted by Crippen LogP contribution is 2.46. The van der Waals surface area contributed by atoms with Gasteiger partial charge in [0.05, 0.1) is 11.8 Å². The lowest BCUT2D eigenvalue weighted by Crippen LogP contribution is -2.42. The van der Waals surface area contributed by atoms with Crippen LogP contribution in [0.15, 0.2) is 0 Å². The van der Waals surface area contributed by atoms with Gasteiger partial charge < -0.3 is 9.84 Å². The summed E-state index contributed by atoms with van der Waals surface area (Å²) in [5, 5.41) is 9.33. The van der Waals surface area contributed by atoms with Crippen LogP contribution in [0.4, 0.5) is 0 Å². The van der Waals surface area contributed by atoms with Gasteiger partial charge in [-0.3, -0.25) is 9.59 Å². The molecule has 4 nitrogen and oxygen atoms in total. The smallest absolute Gasteiger partial charge is 0.312 e. The third-order valence-electron chi connectivity index (χ3n) is 3.46. The van der Waals surface area contributed by atoms with E-state index in [1.54, 1.807) is 0 Å². The molecule has 1 fully saturated rings. The fourth-order valence-corrected chi connectivity index (χ4v) is 3.19. The number of hydrogen-bond acceptors (Lipinski definition) is 3. The zero-order valence-electron chi connectivity index (χ0n) is 14.3. The van der Waals surface area contributed by atoms with Crippen molar-refractivity contribution >= 4 is 11.9 Å². The molecule has 0 aliphatic heterocycles. The van der Waals surface area contributed by atoms with Crippen molar-refractivity contribution in [3.8, 4) is 0 Å². The summed E-state index contributed by atoms with van der Waals surface area (Å²) < 4.78 is 5.52.